The minimum atomic E-state index is -0.799. The Morgan fingerprint density at radius 2 is 1.55 bits per heavy atom. The quantitative estimate of drug-likeness (QED) is 0.195. The van der Waals surface area contributed by atoms with E-state index in [2.05, 4.69) is 30.5 Å². The van der Waals surface area contributed by atoms with E-state index >= 15 is 0 Å². The van der Waals surface area contributed by atoms with Crippen LogP contribution in [0.5, 0.6) is 0 Å². The SMILES string of the molecule is CCCCCCCCN(C(=O)C(CC(C)C)NC(=O)OC(C)(C)C)C(C(=O)NCCCC)c1ccc(C)cc1C. The van der Waals surface area contributed by atoms with Crippen molar-refractivity contribution in [3.63, 3.8) is 0 Å². The number of rotatable bonds is 17. The predicted octanol–water partition coefficient (Wildman–Crippen LogP) is 7.39. The molecule has 0 fully saturated rings. The highest BCUT2D eigenvalue weighted by Crippen LogP contribution is 2.28. The molecule has 0 heterocycles. The van der Waals surface area contributed by atoms with Crippen LogP contribution in [0.2, 0.25) is 0 Å². The minimum absolute atomic E-state index is 0.151. The summed E-state index contributed by atoms with van der Waals surface area (Å²) in [6.45, 7) is 18.7. The summed E-state index contributed by atoms with van der Waals surface area (Å²) >= 11 is 0. The van der Waals surface area contributed by atoms with Gasteiger partial charge in [0.15, 0.2) is 0 Å². The topological polar surface area (TPSA) is 87.7 Å². The van der Waals surface area contributed by atoms with Crippen molar-refractivity contribution >= 4 is 17.9 Å². The first kappa shape index (κ1) is 35.5. The number of ether oxygens (including phenoxy) is 1. The highest BCUT2D eigenvalue weighted by Gasteiger charge is 2.36. The zero-order valence-electron chi connectivity index (χ0n) is 26.8. The molecule has 7 nitrogen and oxygen atoms in total. The normalized spacial score (nSPS) is 13.1. The number of carbonyl (C=O) groups excluding carboxylic acids is 3. The van der Waals surface area contributed by atoms with Crippen molar-refractivity contribution in [1.82, 2.24) is 15.5 Å². The van der Waals surface area contributed by atoms with Gasteiger partial charge in [-0.05, 0) is 70.9 Å². The second-order valence-electron chi connectivity index (χ2n) is 12.5. The number of amides is 3. The Hall–Kier alpha value is -2.57. The van der Waals surface area contributed by atoms with Gasteiger partial charge in [-0.1, -0.05) is 90.0 Å². The highest BCUT2D eigenvalue weighted by atomic mass is 16.6. The average molecular weight is 560 g/mol. The zero-order valence-corrected chi connectivity index (χ0v) is 26.8. The van der Waals surface area contributed by atoms with E-state index < -0.39 is 23.8 Å². The number of nitrogens with one attached hydrogen (secondary N) is 2. The summed E-state index contributed by atoms with van der Waals surface area (Å²) in [5.41, 5.74) is 2.20. The first-order valence-corrected chi connectivity index (χ1v) is 15.5. The maximum Gasteiger partial charge on any atom is 0.408 e. The van der Waals surface area contributed by atoms with Crippen LogP contribution in [0.3, 0.4) is 0 Å². The van der Waals surface area contributed by atoms with E-state index in [9.17, 15) is 14.4 Å². The third-order valence-electron chi connectivity index (χ3n) is 6.84. The summed E-state index contributed by atoms with van der Waals surface area (Å²) in [5.74, 6) is -0.276. The molecule has 2 unspecified atom stereocenters. The van der Waals surface area contributed by atoms with Crippen LogP contribution < -0.4 is 10.6 Å². The number of hydrogen-bond acceptors (Lipinski definition) is 4. The molecule has 0 aromatic heterocycles. The van der Waals surface area contributed by atoms with Crippen LogP contribution in [0.4, 0.5) is 4.79 Å². The molecular formula is C33H57N3O4. The Labute approximate surface area is 244 Å². The van der Waals surface area contributed by atoms with Crippen molar-refractivity contribution in [3.05, 3.63) is 34.9 Å². The van der Waals surface area contributed by atoms with E-state index in [1.165, 1.54) is 19.3 Å². The maximum atomic E-state index is 14.3. The number of alkyl carbamates (subject to hydrolysis) is 1. The van der Waals surface area contributed by atoms with Crippen LogP contribution in [-0.2, 0) is 14.3 Å². The van der Waals surface area contributed by atoms with Gasteiger partial charge in [0.05, 0.1) is 0 Å². The van der Waals surface area contributed by atoms with Gasteiger partial charge in [-0.25, -0.2) is 4.79 Å². The lowest BCUT2D eigenvalue weighted by Crippen LogP contribution is -2.53. The van der Waals surface area contributed by atoms with Crippen LogP contribution in [0.15, 0.2) is 18.2 Å². The highest BCUT2D eigenvalue weighted by molar-refractivity contribution is 5.92. The minimum Gasteiger partial charge on any atom is -0.444 e. The monoisotopic (exact) mass is 559 g/mol. The van der Waals surface area contributed by atoms with Crippen LogP contribution in [-0.4, -0.2) is 47.5 Å². The smallest absolute Gasteiger partial charge is 0.408 e. The fourth-order valence-corrected chi connectivity index (χ4v) is 4.84. The molecule has 228 valence electrons. The van der Waals surface area contributed by atoms with Crippen molar-refractivity contribution in [1.29, 1.82) is 0 Å². The van der Waals surface area contributed by atoms with Gasteiger partial charge >= 0.3 is 6.09 Å². The van der Waals surface area contributed by atoms with Gasteiger partial charge in [0, 0.05) is 13.1 Å². The van der Waals surface area contributed by atoms with Crippen molar-refractivity contribution in [2.24, 2.45) is 5.92 Å². The molecule has 1 rings (SSSR count). The van der Waals surface area contributed by atoms with Crippen LogP contribution >= 0.6 is 0 Å². The Kier molecular flexibility index (Phi) is 15.9. The molecule has 0 saturated carbocycles. The molecule has 1 aromatic carbocycles. The molecule has 40 heavy (non-hydrogen) atoms. The number of benzene rings is 1. The molecule has 0 aliphatic carbocycles. The van der Waals surface area contributed by atoms with Gasteiger partial charge in [-0.3, -0.25) is 9.59 Å². The molecule has 2 atom stereocenters. The Morgan fingerprint density at radius 1 is 0.925 bits per heavy atom. The van der Waals surface area contributed by atoms with E-state index in [4.69, 9.17) is 4.74 Å². The van der Waals surface area contributed by atoms with Crippen LogP contribution in [0.25, 0.3) is 0 Å². The van der Waals surface area contributed by atoms with Gasteiger partial charge < -0.3 is 20.3 Å². The summed E-state index contributed by atoms with van der Waals surface area (Å²) in [6.07, 6.45) is 8.06. The lowest BCUT2D eigenvalue weighted by Gasteiger charge is -2.35. The molecular weight excluding hydrogens is 502 g/mol. The number of aryl methyl sites for hydroxylation is 2. The molecule has 0 aliphatic heterocycles. The van der Waals surface area contributed by atoms with Gasteiger partial charge in [0.25, 0.3) is 0 Å². The number of nitrogens with zero attached hydrogens (tertiary/aromatic N) is 1. The zero-order chi connectivity index (χ0) is 30.3. The predicted molar refractivity (Wildman–Crippen MR) is 164 cm³/mol. The van der Waals surface area contributed by atoms with Crippen molar-refractivity contribution in [2.45, 2.75) is 138 Å². The van der Waals surface area contributed by atoms with Gasteiger partial charge in [-0.2, -0.15) is 0 Å². The molecule has 0 bridgehead atoms. The Balaban J connectivity index is 3.48. The van der Waals surface area contributed by atoms with E-state index in [1.54, 1.807) is 25.7 Å². The lowest BCUT2D eigenvalue weighted by atomic mass is 9.95. The summed E-state index contributed by atoms with van der Waals surface area (Å²) in [5, 5.41) is 5.93. The summed E-state index contributed by atoms with van der Waals surface area (Å²) in [7, 11) is 0. The van der Waals surface area contributed by atoms with E-state index in [1.807, 2.05) is 39.8 Å². The standard InChI is InChI=1S/C33H57N3O4/c1-10-12-14-15-16-17-21-36(31(38)28(22-24(3)4)35-32(39)40-33(7,8)9)29(30(37)34-20-13-11-2)27-19-18-25(5)23-26(27)6/h18-19,23-24,28-29H,10-17,20-22H2,1-9H3,(H,34,37)(H,35,39). The van der Waals surface area contributed by atoms with Crippen molar-refractivity contribution in [2.75, 3.05) is 13.1 Å². The Bertz CT molecular complexity index is 923. The average Bonchev–Trinajstić information content (AvgIpc) is 2.84. The largest absolute Gasteiger partial charge is 0.444 e. The second-order valence-corrected chi connectivity index (χ2v) is 12.5. The lowest BCUT2D eigenvalue weighted by molar-refractivity contribution is -0.143. The van der Waals surface area contributed by atoms with Gasteiger partial charge in [0.2, 0.25) is 11.8 Å². The first-order valence-electron chi connectivity index (χ1n) is 15.5. The fraction of sp³-hybridized carbons (Fsp3) is 0.727. The summed E-state index contributed by atoms with van der Waals surface area (Å²) in [4.78, 5) is 42.7. The summed E-state index contributed by atoms with van der Waals surface area (Å²) < 4.78 is 5.51. The number of hydrogen-bond donors (Lipinski definition) is 2. The van der Waals surface area contributed by atoms with Crippen molar-refractivity contribution in [3.8, 4) is 0 Å². The van der Waals surface area contributed by atoms with E-state index in [0.29, 0.717) is 19.5 Å². The van der Waals surface area contributed by atoms with Crippen molar-refractivity contribution < 1.29 is 19.1 Å². The molecule has 0 aliphatic rings. The molecule has 3 amide bonds. The second kappa shape index (κ2) is 18.0. The number of carbonyl (C=O) groups is 3. The molecule has 1 aromatic rings. The molecule has 2 N–H and O–H groups in total. The van der Waals surface area contributed by atoms with Gasteiger partial charge in [0.1, 0.15) is 17.7 Å². The van der Waals surface area contributed by atoms with Crippen LogP contribution in [0.1, 0.15) is 129 Å². The van der Waals surface area contributed by atoms with Crippen LogP contribution in [0, 0.1) is 19.8 Å². The molecule has 0 spiro atoms. The molecule has 7 heteroatoms. The fourth-order valence-electron chi connectivity index (χ4n) is 4.84. The number of unbranched alkanes of at least 4 members (excludes halogenated alkanes) is 6. The first-order chi connectivity index (χ1) is 18.8. The summed E-state index contributed by atoms with van der Waals surface area (Å²) in [6, 6.07) is 4.43. The van der Waals surface area contributed by atoms with E-state index in [-0.39, 0.29) is 17.7 Å². The van der Waals surface area contributed by atoms with E-state index in [0.717, 1.165) is 48.8 Å². The third-order valence-corrected chi connectivity index (χ3v) is 6.84. The molecule has 0 radical (unpaired) electrons. The maximum absolute atomic E-state index is 14.3. The third kappa shape index (κ3) is 13.2. The Morgan fingerprint density at radius 3 is 2.12 bits per heavy atom. The molecule has 0 saturated heterocycles. The van der Waals surface area contributed by atoms with Gasteiger partial charge in [-0.15, -0.1) is 0 Å².